The van der Waals surface area contributed by atoms with Gasteiger partial charge in [0.2, 0.25) is 0 Å². The van der Waals surface area contributed by atoms with Gasteiger partial charge >= 0.3 is 0 Å². The van der Waals surface area contributed by atoms with Gasteiger partial charge in [-0.2, -0.15) is 0 Å². The smallest absolute Gasteiger partial charge is 0.185 e. The fourth-order valence-electron chi connectivity index (χ4n) is 2.11. The van der Waals surface area contributed by atoms with Crippen molar-refractivity contribution in [1.29, 1.82) is 0 Å². The molecular formula is C13H22N2O2S. The Morgan fingerprint density at radius 3 is 3.00 bits per heavy atom. The van der Waals surface area contributed by atoms with Crippen molar-refractivity contribution in [1.82, 2.24) is 4.98 Å². The second kappa shape index (κ2) is 6.50. The van der Waals surface area contributed by atoms with Crippen LogP contribution in [0.25, 0.3) is 0 Å². The molecule has 1 fully saturated rings. The number of nitrogens with zero attached hydrogens (tertiary/aromatic N) is 2. The molecule has 18 heavy (non-hydrogen) atoms. The lowest BCUT2D eigenvalue weighted by Crippen LogP contribution is -2.25. The Hall–Kier alpha value is -0.650. The molecule has 1 atom stereocenters. The lowest BCUT2D eigenvalue weighted by molar-refractivity contribution is 0.152. The molecule has 0 aromatic carbocycles. The highest BCUT2D eigenvalue weighted by molar-refractivity contribution is 7.15. The van der Waals surface area contributed by atoms with Crippen molar-refractivity contribution in [3.63, 3.8) is 0 Å². The SMILES string of the molecule is CCC(C)c1nc(N2CCCOCC2)sc1CO. The molecule has 0 spiro atoms. The summed E-state index contributed by atoms with van der Waals surface area (Å²) in [4.78, 5) is 8.04. The van der Waals surface area contributed by atoms with Gasteiger partial charge in [-0.25, -0.2) is 4.98 Å². The molecule has 5 heteroatoms. The Labute approximate surface area is 113 Å². The van der Waals surface area contributed by atoms with Crippen molar-refractivity contribution in [2.24, 2.45) is 0 Å². The first-order chi connectivity index (χ1) is 8.76. The van der Waals surface area contributed by atoms with Crippen molar-refractivity contribution in [3.05, 3.63) is 10.6 Å². The first-order valence-corrected chi connectivity index (χ1v) is 7.51. The van der Waals surface area contributed by atoms with E-state index in [4.69, 9.17) is 9.72 Å². The zero-order valence-electron chi connectivity index (χ0n) is 11.2. The van der Waals surface area contributed by atoms with E-state index in [-0.39, 0.29) is 6.61 Å². The number of hydrogen-bond acceptors (Lipinski definition) is 5. The minimum absolute atomic E-state index is 0.0989. The number of aliphatic hydroxyl groups excluding tert-OH is 1. The Morgan fingerprint density at radius 1 is 1.44 bits per heavy atom. The maximum absolute atomic E-state index is 9.46. The Bertz CT molecular complexity index is 373. The van der Waals surface area contributed by atoms with Gasteiger partial charge in [0.05, 0.1) is 23.8 Å². The molecule has 0 aliphatic carbocycles. The minimum atomic E-state index is 0.0989. The molecule has 1 aliphatic heterocycles. The summed E-state index contributed by atoms with van der Waals surface area (Å²) in [6.45, 7) is 7.94. The highest BCUT2D eigenvalue weighted by atomic mass is 32.1. The van der Waals surface area contributed by atoms with Gasteiger partial charge in [-0.3, -0.25) is 0 Å². The number of aromatic nitrogens is 1. The van der Waals surface area contributed by atoms with Crippen molar-refractivity contribution < 1.29 is 9.84 Å². The zero-order chi connectivity index (χ0) is 13.0. The van der Waals surface area contributed by atoms with Gasteiger partial charge in [-0.15, -0.1) is 0 Å². The van der Waals surface area contributed by atoms with Crippen LogP contribution < -0.4 is 4.90 Å². The topological polar surface area (TPSA) is 45.6 Å². The number of thiazole rings is 1. The van der Waals surface area contributed by atoms with E-state index in [0.29, 0.717) is 5.92 Å². The van der Waals surface area contributed by atoms with Crippen LogP contribution in [0, 0.1) is 0 Å². The van der Waals surface area contributed by atoms with E-state index in [1.165, 1.54) is 0 Å². The number of aliphatic hydroxyl groups is 1. The molecule has 0 saturated carbocycles. The number of hydrogen-bond donors (Lipinski definition) is 1. The Balaban J connectivity index is 2.19. The first-order valence-electron chi connectivity index (χ1n) is 6.69. The van der Waals surface area contributed by atoms with E-state index < -0.39 is 0 Å². The van der Waals surface area contributed by atoms with Crippen molar-refractivity contribution in [2.75, 3.05) is 31.2 Å². The Morgan fingerprint density at radius 2 is 2.28 bits per heavy atom. The highest BCUT2D eigenvalue weighted by Gasteiger charge is 2.19. The molecule has 2 heterocycles. The van der Waals surface area contributed by atoms with Crippen LogP contribution in [-0.4, -0.2) is 36.4 Å². The molecule has 0 amide bonds. The average Bonchev–Trinajstić information content (AvgIpc) is 2.64. The quantitative estimate of drug-likeness (QED) is 0.912. The highest BCUT2D eigenvalue weighted by Crippen LogP contribution is 2.32. The predicted molar refractivity (Wildman–Crippen MR) is 74.4 cm³/mol. The lowest BCUT2D eigenvalue weighted by atomic mass is 10.0. The zero-order valence-corrected chi connectivity index (χ0v) is 12.0. The van der Waals surface area contributed by atoms with Gasteiger partial charge in [0, 0.05) is 19.7 Å². The lowest BCUT2D eigenvalue weighted by Gasteiger charge is -2.17. The molecule has 1 aromatic rings. The van der Waals surface area contributed by atoms with Crippen LogP contribution in [0.5, 0.6) is 0 Å². The van der Waals surface area contributed by atoms with E-state index in [9.17, 15) is 5.11 Å². The van der Waals surface area contributed by atoms with Gasteiger partial charge < -0.3 is 14.7 Å². The maximum Gasteiger partial charge on any atom is 0.185 e. The van der Waals surface area contributed by atoms with E-state index >= 15 is 0 Å². The van der Waals surface area contributed by atoms with Crippen LogP contribution in [-0.2, 0) is 11.3 Å². The second-order valence-electron chi connectivity index (χ2n) is 4.73. The largest absolute Gasteiger partial charge is 0.391 e. The number of ether oxygens (including phenoxy) is 1. The maximum atomic E-state index is 9.46. The fraction of sp³-hybridized carbons (Fsp3) is 0.769. The molecule has 1 aromatic heterocycles. The summed E-state index contributed by atoms with van der Waals surface area (Å²) < 4.78 is 5.46. The average molecular weight is 270 g/mol. The first kappa shape index (κ1) is 13.8. The summed E-state index contributed by atoms with van der Waals surface area (Å²) in [7, 11) is 0. The number of rotatable bonds is 4. The summed E-state index contributed by atoms with van der Waals surface area (Å²) in [5, 5.41) is 10.5. The van der Waals surface area contributed by atoms with Crippen LogP contribution in [0.1, 0.15) is 43.2 Å². The van der Waals surface area contributed by atoms with Gasteiger partial charge in [0.1, 0.15) is 0 Å². The van der Waals surface area contributed by atoms with Gasteiger partial charge in [-0.05, 0) is 18.8 Å². The molecule has 1 aliphatic rings. The van der Waals surface area contributed by atoms with Gasteiger partial charge in [-0.1, -0.05) is 25.2 Å². The molecule has 2 rings (SSSR count). The molecular weight excluding hydrogens is 248 g/mol. The molecule has 0 bridgehead atoms. The van der Waals surface area contributed by atoms with E-state index in [1.807, 2.05) is 0 Å². The second-order valence-corrected chi connectivity index (χ2v) is 5.79. The van der Waals surface area contributed by atoms with Gasteiger partial charge in [0.25, 0.3) is 0 Å². The fourth-order valence-corrected chi connectivity index (χ4v) is 3.21. The predicted octanol–water partition coefficient (Wildman–Crippen LogP) is 2.38. The summed E-state index contributed by atoms with van der Waals surface area (Å²) >= 11 is 1.63. The Kier molecular flexibility index (Phi) is 4.97. The molecule has 102 valence electrons. The normalized spacial score (nSPS) is 18.7. The van der Waals surface area contributed by atoms with Crippen LogP contribution >= 0.6 is 11.3 Å². The molecule has 1 saturated heterocycles. The minimum Gasteiger partial charge on any atom is -0.391 e. The standard InChI is InChI=1S/C13H22N2O2S/c1-3-10(2)12-11(9-16)18-13(14-12)15-5-4-7-17-8-6-15/h10,16H,3-9H2,1-2H3. The van der Waals surface area contributed by atoms with E-state index in [2.05, 4.69) is 18.7 Å². The van der Waals surface area contributed by atoms with Crippen LogP contribution in [0.2, 0.25) is 0 Å². The molecule has 4 nitrogen and oxygen atoms in total. The monoisotopic (exact) mass is 270 g/mol. The molecule has 1 N–H and O–H groups in total. The van der Waals surface area contributed by atoms with Crippen molar-refractivity contribution in [3.8, 4) is 0 Å². The van der Waals surface area contributed by atoms with Crippen LogP contribution in [0.4, 0.5) is 5.13 Å². The summed E-state index contributed by atoms with van der Waals surface area (Å²) in [6, 6.07) is 0. The number of anilines is 1. The van der Waals surface area contributed by atoms with E-state index in [1.54, 1.807) is 11.3 Å². The summed E-state index contributed by atoms with van der Waals surface area (Å²) in [5.74, 6) is 0.417. The third-order valence-corrected chi connectivity index (χ3v) is 4.55. The third kappa shape index (κ3) is 3.02. The van der Waals surface area contributed by atoms with Crippen molar-refractivity contribution in [2.45, 2.75) is 39.2 Å². The van der Waals surface area contributed by atoms with E-state index in [0.717, 1.165) is 54.8 Å². The molecule has 0 radical (unpaired) electrons. The van der Waals surface area contributed by atoms with Crippen LogP contribution in [0.3, 0.4) is 0 Å². The molecule has 1 unspecified atom stereocenters. The van der Waals surface area contributed by atoms with Gasteiger partial charge in [0.15, 0.2) is 5.13 Å². The van der Waals surface area contributed by atoms with Crippen molar-refractivity contribution >= 4 is 16.5 Å². The summed E-state index contributed by atoms with van der Waals surface area (Å²) in [6.07, 6.45) is 2.10. The third-order valence-electron chi connectivity index (χ3n) is 3.43. The van der Waals surface area contributed by atoms with Crippen LogP contribution in [0.15, 0.2) is 0 Å². The summed E-state index contributed by atoms with van der Waals surface area (Å²) in [5.41, 5.74) is 1.07.